The Balaban J connectivity index is 2.54. The zero-order valence-electron chi connectivity index (χ0n) is 10.1. The Bertz CT molecular complexity index is 628. The highest BCUT2D eigenvalue weighted by Gasteiger charge is 2.34. The summed E-state index contributed by atoms with van der Waals surface area (Å²) in [5.74, 6) is 0. The second-order valence-corrected chi connectivity index (χ2v) is 5.55. The fraction of sp³-hybridized carbons (Fsp3) is 0.143. The first-order chi connectivity index (χ1) is 9.30. The maximum Gasteiger partial charge on any atom is 0.416 e. The Morgan fingerprint density at radius 2 is 1.70 bits per heavy atom. The van der Waals surface area contributed by atoms with Gasteiger partial charge in [-0.1, -0.05) is 45.7 Å². The number of hydrogen-bond acceptors (Lipinski definition) is 1. The van der Waals surface area contributed by atoms with Crippen LogP contribution in [-0.4, -0.2) is 0 Å². The Labute approximate surface area is 127 Å². The molecule has 2 aromatic carbocycles. The fourth-order valence-corrected chi connectivity index (χ4v) is 2.56. The third-order valence-electron chi connectivity index (χ3n) is 2.89. The van der Waals surface area contributed by atoms with Gasteiger partial charge in [0.2, 0.25) is 0 Å². The topological polar surface area (TPSA) is 26.0 Å². The van der Waals surface area contributed by atoms with E-state index in [0.29, 0.717) is 15.1 Å². The number of halogens is 5. The summed E-state index contributed by atoms with van der Waals surface area (Å²) in [6, 6.07) is 9.22. The predicted molar refractivity (Wildman–Crippen MR) is 76.6 cm³/mol. The van der Waals surface area contributed by atoms with E-state index in [1.165, 1.54) is 18.2 Å². The second-order valence-electron chi connectivity index (χ2n) is 4.23. The van der Waals surface area contributed by atoms with E-state index >= 15 is 0 Å². The van der Waals surface area contributed by atoms with Crippen LogP contribution >= 0.6 is 27.5 Å². The van der Waals surface area contributed by atoms with E-state index in [1.807, 2.05) is 0 Å². The van der Waals surface area contributed by atoms with E-state index in [1.54, 1.807) is 18.2 Å². The van der Waals surface area contributed by atoms with Gasteiger partial charge < -0.3 is 5.73 Å². The monoisotopic (exact) mass is 363 g/mol. The molecule has 0 bridgehead atoms. The van der Waals surface area contributed by atoms with E-state index in [-0.39, 0.29) is 5.56 Å². The number of hydrogen-bond donors (Lipinski definition) is 1. The van der Waals surface area contributed by atoms with Crippen LogP contribution in [0.5, 0.6) is 0 Å². The molecule has 1 atom stereocenters. The molecule has 1 nitrogen and oxygen atoms in total. The van der Waals surface area contributed by atoms with E-state index in [2.05, 4.69) is 15.9 Å². The van der Waals surface area contributed by atoms with Crippen LogP contribution in [0.2, 0.25) is 5.02 Å². The van der Waals surface area contributed by atoms with Crippen molar-refractivity contribution in [2.75, 3.05) is 0 Å². The molecule has 0 aliphatic carbocycles. The first-order valence-electron chi connectivity index (χ1n) is 5.67. The van der Waals surface area contributed by atoms with Gasteiger partial charge >= 0.3 is 6.18 Å². The van der Waals surface area contributed by atoms with Gasteiger partial charge in [-0.05, 0) is 35.4 Å². The summed E-state index contributed by atoms with van der Waals surface area (Å²) in [5.41, 5.74) is 5.67. The molecule has 0 saturated carbocycles. The summed E-state index contributed by atoms with van der Waals surface area (Å²) >= 11 is 9.28. The second kappa shape index (κ2) is 5.76. The highest BCUT2D eigenvalue weighted by Crippen LogP contribution is 2.37. The molecule has 2 rings (SSSR count). The lowest BCUT2D eigenvalue weighted by atomic mass is 9.95. The van der Waals surface area contributed by atoms with Gasteiger partial charge in [0.05, 0.1) is 11.6 Å². The quantitative estimate of drug-likeness (QED) is 0.782. The highest BCUT2D eigenvalue weighted by atomic mass is 79.9. The molecule has 0 aliphatic rings. The molecule has 20 heavy (non-hydrogen) atoms. The average Bonchev–Trinajstić information content (AvgIpc) is 2.40. The minimum Gasteiger partial charge on any atom is -0.320 e. The van der Waals surface area contributed by atoms with Crippen molar-refractivity contribution in [3.05, 3.63) is 68.7 Å². The number of rotatable bonds is 2. The molecule has 0 amide bonds. The van der Waals surface area contributed by atoms with Gasteiger partial charge in [0.25, 0.3) is 0 Å². The van der Waals surface area contributed by atoms with Crippen molar-refractivity contribution in [3.63, 3.8) is 0 Å². The minimum atomic E-state index is -4.45. The van der Waals surface area contributed by atoms with Gasteiger partial charge in [0.1, 0.15) is 0 Å². The molecule has 0 aromatic heterocycles. The zero-order valence-corrected chi connectivity index (χ0v) is 12.4. The largest absolute Gasteiger partial charge is 0.416 e. The van der Waals surface area contributed by atoms with Crippen LogP contribution < -0.4 is 5.73 Å². The van der Waals surface area contributed by atoms with Gasteiger partial charge in [-0.25, -0.2) is 0 Å². The summed E-state index contributed by atoms with van der Waals surface area (Å²) in [4.78, 5) is 0. The van der Waals surface area contributed by atoms with Crippen LogP contribution in [0.1, 0.15) is 22.7 Å². The lowest BCUT2D eigenvalue weighted by Gasteiger charge is -2.19. The molecule has 0 saturated heterocycles. The van der Waals surface area contributed by atoms with Gasteiger partial charge in [-0.3, -0.25) is 0 Å². The third kappa shape index (κ3) is 3.16. The predicted octanol–water partition coefficient (Wildman–Crippen LogP) is 5.17. The van der Waals surface area contributed by atoms with Crippen LogP contribution in [0.15, 0.2) is 46.9 Å². The molecular formula is C14H10BrClF3N. The van der Waals surface area contributed by atoms with Crippen LogP contribution in [0.25, 0.3) is 0 Å². The van der Waals surface area contributed by atoms with E-state index in [4.69, 9.17) is 17.3 Å². The smallest absolute Gasteiger partial charge is 0.320 e. The van der Waals surface area contributed by atoms with Gasteiger partial charge in [0, 0.05) is 9.50 Å². The Morgan fingerprint density at radius 3 is 2.35 bits per heavy atom. The zero-order chi connectivity index (χ0) is 14.9. The summed E-state index contributed by atoms with van der Waals surface area (Å²) in [5, 5.41) is 0.331. The van der Waals surface area contributed by atoms with Gasteiger partial charge in [-0.15, -0.1) is 0 Å². The lowest BCUT2D eigenvalue weighted by Crippen LogP contribution is -2.18. The molecule has 0 radical (unpaired) electrons. The van der Waals surface area contributed by atoms with Crippen LogP contribution in [-0.2, 0) is 6.18 Å². The van der Waals surface area contributed by atoms with Crippen molar-refractivity contribution in [3.8, 4) is 0 Å². The molecular weight excluding hydrogens is 355 g/mol. The van der Waals surface area contributed by atoms with E-state index in [9.17, 15) is 13.2 Å². The molecule has 0 fully saturated rings. The number of alkyl halides is 3. The van der Waals surface area contributed by atoms with Crippen molar-refractivity contribution in [2.24, 2.45) is 5.73 Å². The van der Waals surface area contributed by atoms with Gasteiger partial charge in [-0.2, -0.15) is 13.2 Å². The third-order valence-corrected chi connectivity index (χ3v) is 3.73. The Kier molecular flexibility index (Phi) is 4.42. The van der Waals surface area contributed by atoms with Crippen molar-refractivity contribution < 1.29 is 13.2 Å². The molecule has 1 unspecified atom stereocenters. The normalized spacial score (nSPS) is 13.3. The van der Waals surface area contributed by atoms with Crippen LogP contribution in [0.4, 0.5) is 13.2 Å². The van der Waals surface area contributed by atoms with Gasteiger partial charge in [0.15, 0.2) is 0 Å². The first-order valence-corrected chi connectivity index (χ1v) is 6.84. The molecule has 2 aromatic rings. The molecule has 0 aliphatic heterocycles. The van der Waals surface area contributed by atoms with Crippen molar-refractivity contribution in [1.82, 2.24) is 0 Å². The van der Waals surface area contributed by atoms with E-state index in [0.717, 1.165) is 6.07 Å². The highest BCUT2D eigenvalue weighted by molar-refractivity contribution is 9.10. The van der Waals surface area contributed by atoms with Crippen LogP contribution in [0, 0.1) is 0 Å². The van der Waals surface area contributed by atoms with Crippen molar-refractivity contribution in [1.29, 1.82) is 0 Å². The maximum absolute atomic E-state index is 13.0. The molecule has 0 spiro atoms. The summed E-state index contributed by atoms with van der Waals surface area (Å²) < 4.78 is 39.7. The molecule has 6 heteroatoms. The standard InChI is InChI=1S/C14H10BrClF3N/c15-8-5-6-12(16)10(7-8)13(20)9-3-1-2-4-11(9)14(17,18)19/h1-7,13H,20H2. The van der Waals surface area contributed by atoms with Crippen molar-refractivity contribution in [2.45, 2.75) is 12.2 Å². The summed E-state index contributed by atoms with van der Waals surface area (Å²) in [7, 11) is 0. The first kappa shape index (κ1) is 15.4. The molecule has 0 heterocycles. The Morgan fingerprint density at radius 1 is 1.05 bits per heavy atom. The minimum absolute atomic E-state index is 0.000000000000000444. The SMILES string of the molecule is NC(c1cc(Br)ccc1Cl)c1ccccc1C(F)(F)F. The average molecular weight is 365 g/mol. The van der Waals surface area contributed by atoms with Crippen LogP contribution in [0.3, 0.4) is 0 Å². The summed E-state index contributed by atoms with van der Waals surface area (Å²) in [6.07, 6.45) is -4.45. The summed E-state index contributed by atoms with van der Waals surface area (Å²) in [6.45, 7) is 0. The molecule has 106 valence electrons. The maximum atomic E-state index is 13.0. The van der Waals surface area contributed by atoms with E-state index < -0.39 is 17.8 Å². The number of nitrogens with two attached hydrogens (primary N) is 1. The number of benzene rings is 2. The Hall–Kier alpha value is -1.04. The van der Waals surface area contributed by atoms with Crippen molar-refractivity contribution >= 4 is 27.5 Å². The fourth-order valence-electron chi connectivity index (χ4n) is 1.95. The molecule has 2 N–H and O–H groups in total. The lowest BCUT2D eigenvalue weighted by molar-refractivity contribution is -0.138.